The molecule has 0 aromatic heterocycles. The first-order chi connectivity index (χ1) is 5.24. The molecule has 1 aromatic carbocycles. The highest BCUT2D eigenvalue weighted by Crippen LogP contribution is 2.20. The third-order valence-corrected chi connectivity index (χ3v) is 1.91. The number of hydrogen-bond donors (Lipinski definition) is 1. The van der Waals surface area contributed by atoms with E-state index in [0.29, 0.717) is 5.02 Å². The highest BCUT2D eigenvalue weighted by Gasteiger charge is 2.04. The van der Waals surface area contributed by atoms with Crippen LogP contribution < -0.4 is 0 Å². The Kier molecular flexibility index (Phi) is 2.97. The summed E-state index contributed by atoms with van der Waals surface area (Å²) in [6.45, 7) is 0. The molecule has 1 aromatic rings. The summed E-state index contributed by atoms with van der Waals surface area (Å²) in [7, 11) is 0. The Morgan fingerprint density at radius 3 is 2.82 bits per heavy atom. The summed E-state index contributed by atoms with van der Waals surface area (Å²) in [4.78, 5) is 10.2. The summed E-state index contributed by atoms with van der Waals surface area (Å²) in [5.41, 5.74) is 0.774. The maximum absolute atomic E-state index is 10.2. The third kappa shape index (κ3) is 2.24. The van der Waals surface area contributed by atoms with E-state index in [4.69, 9.17) is 11.6 Å². The van der Waals surface area contributed by atoms with Gasteiger partial charge >= 0.3 is 0 Å². The minimum absolute atomic E-state index is 0.492. The van der Waals surface area contributed by atoms with E-state index in [9.17, 15) is 4.79 Å². The van der Waals surface area contributed by atoms with Crippen LogP contribution in [-0.2, 0) is 4.79 Å². The molecule has 0 heterocycles. The monoisotopic (exact) mass is 185 g/mol. The van der Waals surface area contributed by atoms with Crippen molar-refractivity contribution < 1.29 is 4.79 Å². The lowest BCUT2D eigenvalue weighted by Crippen LogP contribution is -1.89. The van der Waals surface area contributed by atoms with Crippen molar-refractivity contribution in [3.05, 3.63) is 34.9 Å². The SMILES string of the molecule is O=[C]C(S)c1cccc(Cl)c1. The van der Waals surface area contributed by atoms with Gasteiger partial charge in [0.25, 0.3) is 0 Å². The van der Waals surface area contributed by atoms with E-state index in [1.165, 1.54) is 0 Å². The largest absolute Gasteiger partial charge is 0.289 e. The second-order valence-corrected chi connectivity index (χ2v) is 3.03. The van der Waals surface area contributed by atoms with Gasteiger partial charge in [-0.15, -0.1) is 0 Å². The molecule has 1 radical (unpaired) electrons. The van der Waals surface area contributed by atoms with Gasteiger partial charge in [0.05, 0.1) is 5.25 Å². The second-order valence-electron chi connectivity index (χ2n) is 2.08. The van der Waals surface area contributed by atoms with Crippen LogP contribution in [0.5, 0.6) is 0 Å². The van der Waals surface area contributed by atoms with Gasteiger partial charge in [-0.3, -0.25) is 4.79 Å². The molecule has 57 valence electrons. The van der Waals surface area contributed by atoms with Crippen molar-refractivity contribution >= 4 is 30.5 Å². The molecular weight excluding hydrogens is 180 g/mol. The Bertz CT molecular complexity index is 262. The molecule has 0 aliphatic rings. The standard InChI is InChI=1S/C8H6ClOS/c9-7-3-1-2-6(4-7)8(11)5-10/h1-4,8,11H. The minimum atomic E-state index is -0.492. The summed E-state index contributed by atoms with van der Waals surface area (Å²) in [5.74, 6) is 0. The van der Waals surface area contributed by atoms with Gasteiger partial charge in [-0.2, -0.15) is 12.6 Å². The average molecular weight is 186 g/mol. The molecule has 3 heteroatoms. The number of halogens is 1. The fraction of sp³-hybridized carbons (Fsp3) is 0.125. The van der Waals surface area contributed by atoms with Crippen molar-refractivity contribution in [3.8, 4) is 0 Å². The quantitative estimate of drug-likeness (QED) is 0.701. The van der Waals surface area contributed by atoms with Gasteiger partial charge < -0.3 is 0 Å². The highest BCUT2D eigenvalue weighted by atomic mass is 35.5. The molecule has 0 aliphatic heterocycles. The predicted octanol–water partition coefficient (Wildman–Crippen LogP) is 2.42. The van der Waals surface area contributed by atoms with Gasteiger partial charge in [0.2, 0.25) is 6.29 Å². The molecule has 1 nitrogen and oxygen atoms in total. The molecule has 1 rings (SSSR count). The van der Waals surface area contributed by atoms with E-state index in [2.05, 4.69) is 12.6 Å². The Labute approximate surface area is 75.8 Å². The Balaban J connectivity index is 2.95. The zero-order valence-corrected chi connectivity index (χ0v) is 7.27. The molecule has 0 bridgehead atoms. The molecule has 1 atom stereocenters. The van der Waals surface area contributed by atoms with Crippen molar-refractivity contribution in [3.63, 3.8) is 0 Å². The van der Waals surface area contributed by atoms with Crippen LogP contribution in [0.3, 0.4) is 0 Å². The highest BCUT2D eigenvalue weighted by molar-refractivity contribution is 7.81. The van der Waals surface area contributed by atoms with E-state index >= 15 is 0 Å². The van der Waals surface area contributed by atoms with Crippen molar-refractivity contribution in [1.82, 2.24) is 0 Å². The molecule has 0 saturated carbocycles. The summed E-state index contributed by atoms with van der Waals surface area (Å²) >= 11 is 9.67. The van der Waals surface area contributed by atoms with E-state index in [1.807, 2.05) is 0 Å². The van der Waals surface area contributed by atoms with Crippen molar-refractivity contribution in [2.75, 3.05) is 0 Å². The van der Waals surface area contributed by atoms with Crippen LogP contribution in [0.25, 0.3) is 0 Å². The van der Waals surface area contributed by atoms with Gasteiger partial charge in [0.1, 0.15) is 0 Å². The number of rotatable bonds is 2. The number of benzene rings is 1. The maximum atomic E-state index is 10.2. The summed E-state index contributed by atoms with van der Waals surface area (Å²) in [6, 6.07) is 7.01. The maximum Gasteiger partial charge on any atom is 0.216 e. The molecule has 0 N–H and O–H groups in total. The first kappa shape index (κ1) is 8.62. The van der Waals surface area contributed by atoms with E-state index in [-0.39, 0.29) is 0 Å². The Morgan fingerprint density at radius 1 is 1.55 bits per heavy atom. The lowest BCUT2D eigenvalue weighted by molar-refractivity contribution is 0.554. The van der Waals surface area contributed by atoms with Gasteiger partial charge in [-0.1, -0.05) is 23.7 Å². The summed E-state index contributed by atoms with van der Waals surface area (Å²) in [6.07, 6.45) is 1.76. The number of carbonyl (C=O) groups excluding carboxylic acids is 1. The zero-order valence-electron chi connectivity index (χ0n) is 5.62. The van der Waals surface area contributed by atoms with Crippen LogP contribution in [0, 0.1) is 0 Å². The predicted molar refractivity (Wildman–Crippen MR) is 48.9 cm³/mol. The summed E-state index contributed by atoms with van der Waals surface area (Å²) < 4.78 is 0. The van der Waals surface area contributed by atoms with Crippen LogP contribution in [-0.4, -0.2) is 6.29 Å². The van der Waals surface area contributed by atoms with E-state index in [0.717, 1.165) is 5.56 Å². The Morgan fingerprint density at radius 2 is 2.27 bits per heavy atom. The van der Waals surface area contributed by atoms with Crippen molar-refractivity contribution in [1.29, 1.82) is 0 Å². The zero-order chi connectivity index (χ0) is 8.27. The fourth-order valence-corrected chi connectivity index (χ4v) is 1.10. The average Bonchev–Trinajstić information content (AvgIpc) is 2.03. The van der Waals surface area contributed by atoms with Crippen LogP contribution in [0.15, 0.2) is 24.3 Å². The first-order valence-corrected chi connectivity index (χ1v) is 3.94. The smallest absolute Gasteiger partial charge is 0.216 e. The molecule has 0 fully saturated rings. The molecular formula is C8H6ClOS. The summed E-state index contributed by atoms with van der Waals surface area (Å²) in [5, 5.41) is 0.116. The second kappa shape index (κ2) is 3.79. The van der Waals surface area contributed by atoms with Gasteiger partial charge in [-0.05, 0) is 17.7 Å². The lowest BCUT2D eigenvalue weighted by atomic mass is 10.2. The van der Waals surface area contributed by atoms with E-state index < -0.39 is 5.25 Å². The molecule has 0 saturated heterocycles. The van der Waals surface area contributed by atoms with E-state index in [1.54, 1.807) is 30.6 Å². The van der Waals surface area contributed by atoms with Crippen LogP contribution in [0.2, 0.25) is 5.02 Å². The first-order valence-electron chi connectivity index (χ1n) is 3.05. The molecule has 1 unspecified atom stereocenters. The number of hydrogen-bond acceptors (Lipinski definition) is 2. The van der Waals surface area contributed by atoms with Crippen LogP contribution in [0.1, 0.15) is 10.8 Å². The molecule has 0 amide bonds. The lowest BCUT2D eigenvalue weighted by Gasteiger charge is -2.01. The van der Waals surface area contributed by atoms with Gasteiger partial charge in [0.15, 0.2) is 0 Å². The molecule has 11 heavy (non-hydrogen) atoms. The minimum Gasteiger partial charge on any atom is -0.289 e. The van der Waals surface area contributed by atoms with Gasteiger partial charge in [-0.25, -0.2) is 0 Å². The fourth-order valence-electron chi connectivity index (χ4n) is 0.745. The van der Waals surface area contributed by atoms with Crippen LogP contribution in [0.4, 0.5) is 0 Å². The number of thiol groups is 1. The van der Waals surface area contributed by atoms with Crippen molar-refractivity contribution in [2.24, 2.45) is 0 Å². The normalized spacial score (nSPS) is 12.5. The van der Waals surface area contributed by atoms with Crippen LogP contribution >= 0.6 is 24.2 Å². The van der Waals surface area contributed by atoms with Gasteiger partial charge in [0, 0.05) is 5.02 Å². The Hall–Kier alpha value is -0.470. The third-order valence-electron chi connectivity index (χ3n) is 1.28. The van der Waals surface area contributed by atoms with Crippen molar-refractivity contribution in [2.45, 2.75) is 5.25 Å². The topological polar surface area (TPSA) is 17.1 Å². The molecule has 0 aliphatic carbocycles. The molecule has 0 spiro atoms.